The van der Waals surface area contributed by atoms with Gasteiger partial charge in [-0.25, -0.2) is 4.79 Å². The van der Waals surface area contributed by atoms with Gasteiger partial charge in [0.2, 0.25) is 5.75 Å². The largest absolute Gasteiger partial charge is 0.493 e. The molecule has 0 N–H and O–H groups in total. The summed E-state index contributed by atoms with van der Waals surface area (Å²) in [5.41, 5.74) is 2.40. The minimum atomic E-state index is -0.264. The zero-order valence-electron chi connectivity index (χ0n) is 23.4. The van der Waals surface area contributed by atoms with Gasteiger partial charge in [0.25, 0.3) is 0 Å². The highest BCUT2D eigenvalue weighted by molar-refractivity contribution is 5.89. The first-order valence-corrected chi connectivity index (χ1v) is 13.9. The first kappa shape index (κ1) is 30.3. The predicted molar refractivity (Wildman–Crippen MR) is 153 cm³/mol. The molecule has 0 aliphatic rings. The Morgan fingerprint density at radius 1 is 0.649 bits per heavy atom. The number of ether oxygens (including phenoxy) is 4. The van der Waals surface area contributed by atoms with Crippen LogP contribution in [0.1, 0.15) is 105 Å². The lowest BCUT2D eigenvalue weighted by Crippen LogP contribution is -2.06. The van der Waals surface area contributed by atoms with Crippen LogP contribution in [-0.2, 0) is 4.74 Å². The zero-order valence-corrected chi connectivity index (χ0v) is 23.4. The first-order valence-electron chi connectivity index (χ1n) is 13.9. The lowest BCUT2D eigenvalue weighted by atomic mass is 10.1. The Morgan fingerprint density at radius 3 is 1.76 bits per heavy atom. The topological polar surface area (TPSA) is 54.0 Å². The van der Waals surface area contributed by atoms with Gasteiger partial charge in [-0.3, -0.25) is 0 Å². The minimum Gasteiger partial charge on any atom is -0.493 e. The molecular formula is C32H46O5. The molecular weight excluding hydrogens is 464 g/mol. The van der Waals surface area contributed by atoms with Crippen molar-refractivity contribution in [1.82, 2.24) is 0 Å². The van der Waals surface area contributed by atoms with Crippen LogP contribution in [0.3, 0.4) is 0 Å². The number of methoxy groups -OCH3 is 3. The molecule has 204 valence electrons. The van der Waals surface area contributed by atoms with Crippen LogP contribution in [0.15, 0.2) is 36.4 Å². The quantitative estimate of drug-likeness (QED) is 0.107. The Hall–Kier alpha value is -2.95. The van der Waals surface area contributed by atoms with Gasteiger partial charge in [-0.2, -0.15) is 0 Å². The monoisotopic (exact) mass is 510 g/mol. The molecule has 5 nitrogen and oxygen atoms in total. The molecule has 0 radical (unpaired) electrons. The van der Waals surface area contributed by atoms with Crippen molar-refractivity contribution in [1.29, 1.82) is 0 Å². The van der Waals surface area contributed by atoms with Crippen molar-refractivity contribution in [3.63, 3.8) is 0 Å². The molecule has 37 heavy (non-hydrogen) atoms. The highest BCUT2D eigenvalue weighted by atomic mass is 16.5. The fourth-order valence-electron chi connectivity index (χ4n) is 4.36. The number of carbonyl (C=O) groups excluding carboxylic acids is 1. The summed E-state index contributed by atoms with van der Waals surface area (Å²) in [5.74, 6) is 1.51. The van der Waals surface area contributed by atoms with Gasteiger partial charge in [0.05, 0.1) is 33.5 Å². The number of hydrogen-bond donors (Lipinski definition) is 0. The Labute approximate surface area is 224 Å². The molecule has 0 aliphatic heterocycles. The molecule has 2 aromatic carbocycles. The van der Waals surface area contributed by atoms with Crippen LogP contribution >= 0.6 is 0 Å². The Balaban J connectivity index is 1.68. The molecule has 0 unspecified atom stereocenters. The molecule has 0 spiro atoms. The van der Waals surface area contributed by atoms with Gasteiger partial charge in [-0.1, -0.05) is 102 Å². The third-order valence-corrected chi connectivity index (χ3v) is 6.57. The fourth-order valence-corrected chi connectivity index (χ4v) is 4.36. The van der Waals surface area contributed by atoms with Crippen LogP contribution in [0.5, 0.6) is 17.2 Å². The average molecular weight is 511 g/mol. The summed E-state index contributed by atoms with van der Waals surface area (Å²) < 4.78 is 21.8. The van der Waals surface area contributed by atoms with Crippen LogP contribution in [0.2, 0.25) is 0 Å². The molecule has 0 bridgehead atoms. The summed E-state index contributed by atoms with van der Waals surface area (Å²) in [6.45, 7) is 2.75. The van der Waals surface area contributed by atoms with Gasteiger partial charge in [-0.05, 0) is 36.2 Å². The Kier molecular flexibility index (Phi) is 15.0. The summed E-state index contributed by atoms with van der Waals surface area (Å²) in [4.78, 5) is 12.4. The summed E-state index contributed by atoms with van der Waals surface area (Å²) in [6.07, 6.45) is 19.4. The highest BCUT2D eigenvalue weighted by Gasteiger charge is 2.14. The average Bonchev–Trinajstić information content (AvgIpc) is 2.93. The van der Waals surface area contributed by atoms with E-state index >= 15 is 0 Å². The maximum atomic E-state index is 12.4. The van der Waals surface area contributed by atoms with Gasteiger partial charge in [0.1, 0.15) is 0 Å². The van der Waals surface area contributed by atoms with E-state index in [2.05, 4.69) is 6.92 Å². The molecule has 0 saturated heterocycles. The Bertz CT molecular complexity index is 933. The normalized spacial score (nSPS) is 11.0. The van der Waals surface area contributed by atoms with E-state index in [1.54, 1.807) is 33.5 Å². The molecule has 0 atom stereocenters. The molecule has 0 amide bonds. The lowest BCUT2D eigenvalue weighted by molar-refractivity contribution is 0.0497. The molecule has 0 aliphatic carbocycles. The van der Waals surface area contributed by atoms with E-state index in [1.807, 2.05) is 36.4 Å². The number of hydrogen-bond acceptors (Lipinski definition) is 5. The van der Waals surface area contributed by atoms with E-state index in [0.29, 0.717) is 29.4 Å². The second kappa shape index (κ2) is 18.3. The standard InChI is InChI=1S/C32H46O5/c1-5-6-7-8-9-10-11-12-13-14-15-16-25-37-32(33)28-21-18-26(19-22-28)17-20-27-23-24-29(34-2)31(36-4)30(27)35-3/h17-24H,5-16,25H2,1-4H3. The first-order chi connectivity index (χ1) is 18.1. The number of carbonyl (C=O) groups is 1. The lowest BCUT2D eigenvalue weighted by Gasteiger charge is -2.14. The molecule has 0 aromatic heterocycles. The maximum absolute atomic E-state index is 12.4. The van der Waals surface area contributed by atoms with E-state index in [4.69, 9.17) is 18.9 Å². The van der Waals surface area contributed by atoms with Crippen molar-refractivity contribution in [2.45, 2.75) is 84.0 Å². The molecule has 0 saturated carbocycles. The molecule has 2 rings (SSSR count). The van der Waals surface area contributed by atoms with Crippen molar-refractivity contribution in [3.05, 3.63) is 53.1 Å². The summed E-state index contributed by atoms with van der Waals surface area (Å²) in [7, 11) is 4.79. The van der Waals surface area contributed by atoms with Gasteiger partial charge >= 0.3 is 5.97 Å². The van der Waals surface area contributed by atoms with E-state index < -0.39 is 0 Å². The maximum Gasteiger partial charge on any atom is 0.338 e. The third kappa shape index (κ3) is 10.9. The Morgan fingerprint density at radius 2 is 1.22 bits per heavy atom. The second-order valence-electron chi connectivity index (χ2n) is 9.40. The minimum absolute atomic E-state index is 0.264. The summed E-state index contributed by atoms with van der Waals surface area (Å²) >= 11 is 0. The van der Waals surface area contributed by atoms with Crippen LogP contribution in [0, 0.1) is 0 Å². The SMILES string of the molecule is CCCCCCCCCCCCCCOC(=O)c1ccc(C=Cc2ccc(OC)c(OC)c2OC)cc1. The highest BCUT2D eigenvalue weighted by Crippen LogP contribution is 2.40. The smallest absolute Gasteiger partial charge is 0.338 e. The van der Waals surface area contributed by atoms with Crippen molar-refractivity contribution in [2.24, 2.45) is 0 Å². The summed E-state index contributed by atoms with van der Waals surface area (Å²) in [6, 6.07) is 11.2. The van der Waals surface area contributed by atoms with Crippen LogP contribution < -0.4 is 14.2 Å². The fraction of sp³-hybridized carbons (Fsp3) is 0.531. The van der Waals surface area contributed by atoms with E-state index in [1.165, 1.54) is 64.2 Å². The van der Waals surface area contributed by atoms with E-state index in [-0.39, 0.29) is 5.97 Å². The van der Waals surface area contributed by atoms with E-state index in [9.17, 15) is 4.79 Å². The van der Waals surface area contributed by atoms with E-state index in [0.717, 1.165) is 24.0 Å². The van der Waals surface area contributed by atoms with Crippen LogP contribution in [0.25, 0.3) is 12.2 Å². The van der Waals surface area contributed by atoms with Crippen molar-refractivity contribution < 1.29 is 23.7 Å². The van der Waals surface area contributed by atoms with Crippen molar-refractivity contribution >= 4 is 18.1 Å². The van der Waals surface area contributed by atoms with Gasteiger partial charge in [-0.15, -0.1) is 0 Å². The predicted octanol–water partition coefficient (Wildman–Crippen LogP) is 8.74. The summed E-state index contributed by atoms with van der Waals surface area (Å²) in [5, 5.41) is 0. The van der Waals surface area contributed by atoms with Crippen LogP contribution in [0.4, 0.5) is 0 Å². The van der Waals surface area contributed by atoms with Crippen LogP contribution in [-0.4, -0.2) is 33.9 Å². The van der Waals surface area contributed by atoms with Crippen molar-refractivity contribution in [2.75, 3.05) is 27.9 Å². The molecule has 5 heteroatoms. The second-order valence-corrected chi connectivity index (χ2v) is 9.40. The van der Waals surface area contributed by atoms with Gasteiger partial charge < -0.3 is 18.9 Å². The number of esters is 1. The third-order valence-electron chi connectivity index (χ3n) is 6.57. The van der Waals surface area contributed by atoms with Gasteiger partial charge in [0.15, 0.2) is 11.5 Å². The molecule has 0 fully saturated rings. The van der Waals surface area contributed by atoms with Gasteiger partial charge in [0, 0.05) is 5.56 Å². The van der Waals surface area contributed by atoms with Crippen molar-refractivity contribution in [3.8, 4) is 17.2 Å². The number of benzene rings is 2. The number of unbranched alkanes of at least 4 members (excludes halogenated alkanes) is 11. The molecule has 2 aromatic rings. The zero-order chi connectivity index (χ0) is 26.7. The molecule has 0 heterocycles. The number of rotatable bonds is 19.